The van der Waals surface area contributed by atoms with Crippen LogP contribution in [0.4, 0.5) is 4.79 Å². The number of rotatable bonds is 11. The number of nitrogens with one attached hydrogen (secondary N) is 2. The van der Waals surface area contributed by atoms with Crippen molar-refractivity contribution in [2.45, 2.75) is 116 Å². The van der Waals surface area contributed by atoms with Crippen LogP contribution < -0.4 is 10.6 Å². The molecule has 3 unspecified atom stereocenters. The maximum Gasteiger partial charge on any atom is 0.408 e. The van der Waals surface area contributed by atoms with E-state index in [1.54, 1.807) is 39.0 Å². The lowest BCUT2D eigenvalue weighted by Crippen LogP contribution is -2.57. The highest BCUT2D eigenvalue weighted by atomic mass is 32.1. The Balaban J connectivity index is 2.49. The first-order chi connectivity index (χ1) is 17.8. The minimum atomic E-state index is -1.07. The van der Waals surface area contributed by atoms with Crippen molar-refractivity contribution < 1.29 is 24.2 Å². The molecule has 2 rings (SSSR count). The lowest BCUT2D eigenvalue weighted by Gasteiger charge is -2.39. The van der Waals surface area contributed by atoms with Crippen LogP contribution in [0.2, 0.25) is 0 Å². The second kappa shape index (κ2) is 14.7. The molecule has 38 heavy (non-hydrogen) atoms. The Morgan fingerprint density at radius 2 is 1.71 bits per heavy atom. The van der Waals surface area contributed by atoms with E-state index >= 15 is 0 Å². The van der Waals surface area contributed by atoms with E-state index in [0.29, 0.717) is 17.9 Å². The average molecular weight is 550 g/mol. The van der Waals surface area contributed by atoms with E-state index in [1.165, 1.54) is 11.0 Å². The molecule has 3 atom stereocenters. The van der Waals surface area contributed by atoms with Crippen LogP contribution in [-0.2, 0) is 14.3 Å². The van der Waals surface area contributed by atoms with Gasteiger partial charge in [0, 0.05) is 23.4 Å². The predicted molar refractivity (Wildman–Crippen MR) is 153 cm³/mol. The molecule has 3 N–H and O–H groups in total. The Morgan fingerprint density at radius 3 is 2.26 bits per heavy atom. The second-order valence-electron chi connectivity index (χ2n) is 11.8. The Hall–Kier alpha value is -2.42. The molecule has 1 aliphatic carbocycles. The molecular formula is C29H47N3O5S. The van der Waals surface area contributed by atoms with Gasteiger partial charge in [-0.25, -0.2) is 4.79 Å². The zero-order valence-corrected chi connectivity index (χ0v) is 24.7. The van der Waals surface area contributed by atoms with Crippen LogP contribution in [0.25, 0.3) is 0 Å². The number of carbonyl (C=O) groups is 3. The molecule has 0 spiro atoms. The number of amides is 3. The smallest absolute Gasteiger partial charge is 0.408 e. The highest BCUT2D eigenvalue weighted by Crippen LogP contribution is 2.33. The molecule has 8 nitrogen and oxygen atoms in total. The standard InChI is InChI=1S/C29H47N3O5S/c1-19(2)16-17-20(3)32(27(35)23(18-38)31-28(36)37-29(4,5)6)25(22-14-10-11-15-24(22)33)26(34)30-21-12-8-7-9-13-21/h10-11,14-15,19-21,23,25,33,38H,7-9,12-13,16-18H2,1-6H3,(H,30,34)(H,31,36). The number of benzene rings is 1. The largest absolute Gasteiger partial charge is 0.508 e. The molecule has 0 saturated heterocycles. The van der Waals surface area contributed by atoms with E-state index in [4.69, 9.17) is 4.74 Å². The molecule has 3 amide bonds. The summed E-state index contributed by atoms with van der Waals surface area (Å²) in [6.07, 6.45) is 5.76. The maximum atomic E-state index is 14.1. The molecule has 9 heteroatoms. The number of para-hydroxylation sites is 1. The van der Waals surface area contributed by atoms with Gasteiger partial charge in [-0.3, -0.25) is 9.59 Å². The Morgan fingerprint density at radius 1 is 1.08 bits per heavy atom. The summed E-state index contributed by atoms with van der Waals surface area (Å²) < 4.78 is 5.38. The molecule has 0 heterocycles. The van der Waals surface area contributed by atoms with Gasteiger partial charge >= 0.3 is 6.09 Å². The van der Waals surface area contributed by atoms with Gasteiger partial charge in [-0.15, -0.1) is 0 Å². The van der Waals surface area contributed by atoms with Crippen molar-refractivity contribution in [2.75, 3.05) is 5.75 Å². The lowest BCUT2D eigenvalue weighted by atomic mass is 9.93. The molecule has 1 aromatic carbocycles. The predicted octanol–water partition coefficient (Wildman–Crippen LogP) is 5.36. The van der Waals surface area contributed by atoms with Crippen molar-refractivity contribution in [3.8, 4) is 5.75 Å². The highest BCUT2D eigenvalue weighted by Gasteiger charge is 2.40. The number of hydrogen-bond donors (Lipinski definition) is 4. The third-order valence-electron chi connectivity index (χ3n) is 6.77. The summed E-state index contributed by atoms with van der Waals surface area (Å²) in [4.78, 5) is 42.2. The van der Waals surface area contributed by atoms with E-state index < -0.39 is 29.7 Å². The van der Waals surface area contributed by atoms with E-state index in [2.05, 4.69) is 37.1 Å². The van der Waals surface area contributed by atoms with Gasteiger partial charge in [0.15, 0.2) is 0 Å². The monoisotopic (exact) mass is 549 g/mol. The number of hydrogen-bond acceptors (Lipinski definition) is 6. The van der Waals surface area contributed by atoms with Crippen LogP contribution in [0.5, 0.6) is 5.75 Å². The number of phenolic OH excluding ortho intramolecular Hbond substituents is 1. The third kappa shape index (κ3) is 9.71. The number of carbonyl (C=O) groups excluding carboxylic acids is 3. The van der Waals surface area contributed by atoms with Crippen LogP contribution in [0.3, 0.4) is 0 Å². The Kier molecular flexibility index (Phi) is 12.3. The van der Waals surface area contributed by atoms with E-state index in [1.807, 2.05) is 6.92 Å². The summed E-state index contributed by atoms with van der Waals surface area (Å²) in [5, 5.41) is 16.6. The van der Waals surface area contributed by atoms with Crippen LogP contribution in [0, 0.1) is 5.92 Å². The molecule has 1 saturated carbocycles. The van der Waals surface area contributed by atoms with Gasteiger partial charge in [0.05, 0.1) is 0 Å². The zero-order valence-electron chi connectivity index (χ0n) is 23.8. The molecule has 214 valence electrons. The molecule has 0 aromatic heterocycles. The molecule has 1 aliphatic rings. The van der Waals surface area contributed by atoms with Crippen LogP contribution >= 0.6 is 12.6 Å². The minimum Gasteiger partial charge on any atom is -0.508 e. The van der Waals surface area contributed by atoms with Gasteiger partial charge in [-0.1, -0.05) is 51.3 Å². The van der Waals surface area contributed by atoms with Crippen molar-refractivity contribution in [3.63, 3.8) is 0 Å². The highest BCUT2D eigenvalue weighted by molar-refractivity contribution is 7.80. The summed E-state index contributed by atoms with van der Waals surface area (Å²) in [7, 11) is 0. The van der Waals surface area contributed by atoms with Crippen molar-refractivity contribution in [2.24, 2.45) is 5.92 Å². The first-order valence-electron chi connectivity index (χ1n) is 13.8. The fraction of sp³-hybridized carbons (Fsp3) is 0.690. The number of ether oxygens (including phenoxy) is 1. The molecule has 0 aliphatic heterocycles. The van der Waals surface area contributed by atoms with Gasteiger partial charge in [0.1, 0.15) is 23.4 Å². The number of alkyl carbamates (subject to hydrolysis) is 1. The minimum absolute atomic E-state index is 0.0171. The Labute approximate surface area is 233 Å². The number of phenols is 1. The fourth-order valence-electron chi connectivity index (χ4n) is 4.79. The summed E-state index contributed by atoms with van der Waals surface area (Å²) in [5.41, 5.74) is -0.391. The van der Waals surface area contributed by atoms with Gasteiger partial charge in [0.2, 0.25) is 11.8 Å². The molecule has 0 radical (unpaired) electrons. The maximum absolute atomic E-state index is 14.1. The van der Waals surface area contributed by atoms with Crippen molar-refractivity contribution in [1.29, 1.82) is 0 Å². The molecule has 0 bridgehead atoms. The number of aromatic hydroxyl groups is 1. The molecular weight excluding hydrogens is 502 g/mol. The van der Waals surface area contributed by atoms with Crippen molar-refractivity contribution >= 4 is 30.5 Å². The van der Waals surface area contributed by atoms with Crippen molar-refractivity contribution in [3.05, 3.63) is 29.8 Å². The zero-order chi connectivity index (χ0) is 28.5. The van der Waals surface area contributed by atoms with Crippen LogP contribution in [0.1, 0.15) is 98.1 Å². The molecule has 1 fully saturated rings. The average Bonchev–Trinajstić information content (AvgIpc) is 2.84. The van der Waals surface area contributed by atoms with Gasteiger partial charge in [-0.2, -0.15) is 12.6 Å². The summed E-state index contributed by atoms with van der Waals surface area (Å²) in [5.74, 6) is -0.432. The quantitative estimate of drug-likeness (QED) is 0.278. The van der Waals surface area contributed by atoms with Gasteiger partial charge < -0.3 is 25.4 Å². The normalized spacial score (nSPS) is 16.8. The SMILES string of the molecule is CC(C)CCC(C)N(C(=O)C(CS)NC(=O)OC(C)(C)C)C(C(=O)NC1CCCCC1)c1ccccc1O. The molecule has 1 aromatic rings. The van der Waals surface area contributed by atoms with E-state index in [-0.39, 0.29) is 29.5 Å². The summed E-state index contributed by atoms with van der Waals surface area (Å²) >= 11 is 4.36. The van der Waals surface area contributed by atoms with Crippen molar-refractivity contribution in [1.82, 2.24) is 15.5 Å². The Bertz CT molecular complexity index is 927. The summed E-state index contributed by atoms with van der Waals surface area (Å²) in [6, 6.07) is 4.19. The van der Waals surface area contributed by atoms with Crippen LogP contribution in [-0.4, -0.2) is 57.4 Å². The van der Waals surface area contributed by atoms with E-state index in [0.717, 1.165) is 38.5 Å². The van der Waals surface area contributed by atoms with Gasteiger partial charge in [0.25, 0.3) is 0 Å². The number of nitrogens with zero attached hydrogens (tertiary/aromatic N) is 1. The second-order valence-corrected chi connectivity index (χ2v) is 12.1. The van der Waals surface area contributed by atoms with Crippen LogP contribution in [0.15, 0.2) is 24.3 Å². The topological polar surface area (TPSA) is 108 Å². The number of thiol groups is 1. The first-order valence-corrected chi connectivity index (χ1v) is 14.5. The van der Waals surface area contributed by atoms with E-state index in [9.17, 15) is 19.5 Å². The third-order valence-corrected chi connectivity index (χ3v) is 7.14. The fourth-order valence-corrected chi connectivity index (χ4v) is 5.04. The first kappa shape index (κ1) is 31.8. The van der Waals surface area contributed by atoms with Gasteiger partial charge in [-0.05, 0) is 65.4 Å². The lowest BCUT2D eigenvalue weighted by molar-refractivity contribution is -0.145. The summed E-state index contributed by atoms with van der Waals surface area (Å²) in [6.45, 7) is 11.4.